The first-order chi connectivity index (χ1) is 9.99. The highest BCUT2D eigenvalue weighted by Gasteiger charge is 2.04. The van der Waals surface area contributed by atoms with E-state index in [9.17, 15) is 4.79 Å². The van der Waals surface area contributed by atoms with Crippen molar-refractivity contribution < 1.29 is 9.63 Å². The Hall–Kier alpha value is -2.04. The van der Waals surface area contributed by atoms with Crippen molar-refractivity contribution in [2.75, 3.05) is 6.61 Å². The average molecular weight is 291 g/mol. The van der Waals surface area contributed by atoms with Crippen LogP contribution in [-0.4, -0.2) is 18.3 Å². The summed E-state index contributed by atoms with van der Waals surface area (Å²) in [6.07, 6.45) is 1.64. The fourth-order valence-corrected chi connectivity index (χ4v) is 1.71. The zero-order valence-electron chi connectivity index (χ0n) is 13.1. The van der Waals surface area contributed by atoms with E-state index in [2.05, 4.69) is 24.3 Å². The number of aryl methyl sites for hydroxylation is 1. The standard InChI is InChI=1S/C16H25N3O2/c1-12(2)8-9-15(17)19-21-11-16(20)18-10-14-7-5-4-6-13(14)3/h4-7,12H,8-11H2,1-3H3,(H2,17,19)(H,18,20). The maximum absolute atomic E-state index is 11.6. The number of nitrogens with zero attached hydrogens (tertiary/aromatic N) is 1. The average Bonchev–Trinajstić information content (AvgIpc) is 2.44. The van der Waals surface area contributed by atoms with Gasteiger partial charge in [-0.15, -0.1) is 0 Å². The topological polar surface area (TPSA) is 76.7 Å². The lowest BCUT2D eigenvalue weighted by atomic mass is 10.1. The van der Waals surface area contributed by atoms with Crippen LogP contribution in [0.1, 0.15) is 37.8 Å². The number of nitrogens with two attached hydrogens (primary N) is 1. The van der Waals surface area contributed by atoms with Crippen molar-refractivity contribution in [3.63, 3.8) is 0 Å². The maximum atomic E-state index is 11.6. The minimum Gasteiger partial charge on any atom is -0.384 e. The third-order valence-electron chi connectivity index (χ3n) is 3.09. The maximum Gasteiger partial charge on any atom is 0.261 e. The third-order valence-corrected chi connectivity index (χ3v) is 3.09. The van der Waals surface area contributed by atoms with Gasteiger partial charge < -0.3 is 15.9 Å². The van der Waals surface area contributed by atoms with Crippen LogP contribution >= 0.6 is 0 Å². The van der Waals surface area contributed by atoms with E-state index in [4.69, 9.17) is 10.6 Å². The lowest BCUT2D eigenvalue weighted by Gasteiger charge is -2.07. The predicted molar refractivity (Wildman–Crippen MR) is 84.7 cm³/mol. The van der Waals surface area contributed by atoms with Crippen molar-refractivity contribution in [2.24, 2.45) is 16.8 Å². The van der Waals surface area contributed by atoms with Gasteiger partial charge in [-0.05, 0) is 30.4 Å². The Kier molecular flexibility index (Phi) is 7.29. The molecule has 0 fully saturated rings. The molecule has 0 atom stereocenters. The predicted octanol–water partition coefficient (Wildman–Crippen LogP) is 2.34. The van der Waals surface area contributed by atoms with Crippen molar-refractivity contribution in [1.29, 1.82) is 0 Å². The number of hydrogen-bond acceptors (Lipinski definition) is 3. The van der Waals surface area contributed by atoms with Crippen LogP contribution in [0.2, 0.25) is 0 Å². The molecule has 1 rings (SSSR count). The van der Waals surface area contributed by atoms with Gasteiger partial charge in [0.1, 0.15) is 5.84 Å². The number of amides is 1. The molecule has 0 aliphatic heterocycles. The van der Waals surface area contributed by atoms with E-state index >= 15 is 0 Å². The van der Waals surface area contributed by atoms with Crippen LogP contribution in [0.5, 0.6) is 0 Å². The molecule has 0 aliphatic carbocycles. The van der Waals surface area contributed by atoms with Gasteiger partial charge in [-0.25, -0.2) is 0 Å². The van der Waals surface area contributed by atoms with Gasteiger partial charge in [0.25, 0.3) is 5.91 Å². The summed E-state index contributed by atoms with van der Waals surface area (Å²) in [5, 5.41) is 6.53. The smallest absolute Gasteiger partial charge is 0.261 e. The lowest BCUT2D eigenvalue weighted by molar-refractivity contribution is -0.125. The van der Waals surface area contributed by atoms with E-state index in [1.807, 2.05) is 31.2 Å². The molecule has 5 heteroatoms. The normalized spacial score (nSPS) is 11.5. The molecule has 0 heterocycles. The van der Waals surface area contributed by atoms with Gasteiger partial charge >= 0.3 is 0 Å². The number of rotatable bonds is 8. The van der Waals surface area contributed by atoms with E-state index in [0.717, 1.165) is 17.5 Å². The zero-order chi connectivity index (χ0) is 15.7. The monoisotopic (exact) mass is 291 g/mol. The molecular weight excluding hydrogens is 266 g/mol. The third kappa shape index (κ3) is 7.34. The Morgan fingerprint density at radius 3 is 2.76 bits per heavy atom. The van der Waals surface area contributed by atoms with Crippen LogP contribution in [-0.2, 0) is 16.2 Å². The second-order valence-corrected chi connectivity index (χ2v) is 5.49. The van der Waals surface area contributed by atoms with E-state index in [-0.39, 0.29) is 12.5 Å². The Bertz CT molecular complexity index is 484. The molecule has 3 N–H and O–H groups in total. The molecule has 0 aliphatic rings. The lowest BCUT2D eigenvalue weighted by Crippen LogP contribution is -2.27. The molecule has 5 nitrogen and oxygen atoms in total. The molecule has 1 aromatic rings. The molecular formula is C16H25N3O2. The molecule has 116 valence electrons. The van der Waals surface area contributed by atoms with Gasteiger partial charge in [0.15, 0.2) is 6.61 Å². The van der Waals surface area contributed by atoms with Crippen LogP contribution in [0, 0.1) is 12.8 Å². The van der Waals surface area contributed by atoms with E-state index in [1.54, 1.807) is 0 Å². The highest BCUT2D eigenvalue weighted by atomic mass is 16.6. The minimum atomic E-state index is -0.210. The molecule has 0 saturated carbocycles. The largest absolute Gasteiger partial charge is 0.384 e. The summed E-state index contributed by atoms with van der Waals surface area (Å²) >= 11 is 0. The number of carbonyl (C=O) groups excluding carboxylic acids is 1. The van der Waals surface area contributed by atoms with Crippen molar-refractivity contribution in [2.45, 2.75) is 40.2 Å². The van der Waals surface area contributed by atoms with Gasteiger partial charge in [-0.2, -0.15) is 0 Å². The fourth-order valence-electron chi connectivity index (χ4n) is 1.71. The van der Waals surface area contributed by atoms with Crippen molar-refractivity contribution in [3.05, 3.63) is 35.4 Å². The van der Waals surface area contributed by atoms with Gasteiger partial charge in [0.2, 0.25) is 0 Å². The number of oxime groups is 1. The quantitative estimate of drug-likeness (QED) is 0.438. The second kappa shape index (κ2) is 9.00. The summed E-state index contributed by atoms with van der Waals surface area (Å²) in [6.45, 7) is 6.62. The molecule has 0 saturated heterocycles. The first kappa shape index (κ1) is 17.0. The number of carbonyl (C=O) groups is 1. The molecule has 1 amide bonds. The van der Waals surface area contributed by atoms with Crippen molar-refractivity contribution >= 4 is 11.7 Å². The highest BCUT2D eigenvalue weighted by Crippen LogP contribution is 2.06. The van der Waals surface area contributed by atoms with Crippen molar-refractivity contribution in [1.82, 2.24) is 5.32 Å². The SMILES string of the molecule is Cc1ccccc1CNC(=O)CO/N=C(\N)CCC(C)C. The van der Waals surface area contributed by atoms with Crippen LogP contribution in [0.4, 0.5) is 0 Å². The van der Waals surface area contributed by atoms with Crippen LogP contribution in [0.3, 0.4) is 0 Å². The van der Waals surface area contributed by atoms with Crippen molar-refractivity contribution in [3.8, 4) is 0 Å². The Morgan fingerprint density at radius 1 is 1.38 bits per heavy atom. The number of nitrogens with one attached hydrogen (secondary N) is 1. The fraction of sp³-hybridized carbons (Fsp3) is 0.500. The summed E-state index contributed by atoms with van der Waals surface area (Å²) in [5.74, 6) is 0.783. The first-order valence-electron chi connectivity index (χ1n) is 7.24. The van der Waals surface area contributed by atoms with Crippen LogP contribution < -0.4 is 11.1 Å². The molecule has 0 unspecified atom stereocenters. The Morgan fingerprint density at radius 2 is 2.10 bits per heavy atom. The van der Waals surface area contributed by atoms with Crippen LogP contribution in [0.25, 0.3) is 0 Å². The van der Waals surface area contributed by atoms with Gasteiger partial charge in [-0.1, -0.05) is 43.3 Å². The summed E-state index contributed by atoms with van der Waals surface area (Å²) in [6, 6.07) is 7.92. The Balaban J connectivity index is 2.25. The second-order valence-electron chi connectivity index (χ2n) is 5.49. The van der Waals surface area contributed by atoms with Gasteiger partial charge in [-0.3, -0.25) is 4.79 Å². The van der Waals surface area contributed by atoms with E-state index in [1.165, 1.54) is 0 Å². The summed E-state index contributed by atoms with van der Waals surface area (Å²) in [7, 11) is 0. The summed E-state index contributed by atoms with van der Waals surface area (Å²) in [5.41, 5.74) is 7.92. The molecule has 0 spiro atoms. The van der Waals surface area contributed by atoms with E-state index in [0.29, 0.717) is 24.7 Å². The Labute approximate surface area is 126 Å². The summed E-state index contributed by atoms with van der Waals surface area (Å²) in [4.78, 5) is 16.6. The molecule has 1 aromatic carbocycles. The molecule has 0 bridgehead atoms. The van der Waals surface area contributed by atoms with Gasteiger partial charge in [0.05, 0.1) is 0 Å². The first-order valence-corrected chi connectivity index (χ1v) is 7.24. The minimum absolute atomic E-state index is 0.117. The highest BCUT2D eigenvalue weighted by molar-refractivity contribution is 5.80. The number of amidine groups is 1. The summed E-state index contributed by atoms with van der Waals surface area (Å²) < 4.78 is 0. The van der Waals surface area contributed by atoms with Crippen LogP contribution in [0.15, 0.2) is 29.4 Å². The van der Waals surface area contributed by atoms with Gasteiger partial charge in [0, 0.05) is 13.0 Å². The molecule has 21 heavy (non-hydrogen) atoms. The van der Waals surface area contributed by atoms with E-state index < -0.39 is 0 Å². The number of hydrogen-bond donors (Lipinski definition) is 2. The number of benzene rings is 1. The zero-order valence-corrected chi connectivity index (χ0v) is 13.1. The molecule has 0 aromatic heterocycles. The molecule has 0 radical (unpaired) electrons.